The van der Waals surface area contributed by atoms with Crippen LogP contribution in [-0.2, 0) is 0 Å². The predicted octanol–water partition coefficient (Wildman–Crippen LogP) is 2.20. The highest BCUT2D eigenvalue weighted by Gasteiger charge is 2.29. The fraction of sp³-hybridized carbons (Fsp3) is 0.370. The number of benzene rings is 1. The lowest BCUT2D eigenvalue weighted by Gasteiger charge is -2.43. The van der Waals surface area contributed by atoms with Gasteiger partial charge in [0.1, 0.15) is 0 Å². The molecule has 5 heterocycles. The number of anilines is 3. The van der Waals surface area contributed by atoms with Crippen LogP contribution < -0.4 is 14.7 Å². The summed E-state index contributed by atoms with van der Waals surface area (Å²) >= 11 is 0. The highest BCUT2D eigenvalue weighted by molar-refractivity contribution is 5.74. The molecule has 1 atom stereocenters. The molecule has 0 saturated carbocycles. The Morgan fingerprint density at radius 3 is 2.19 bits per heavy atom. The number of aliphatic imine (C=N–C) groups is 1. The zero-order valence-electron chi connectivity index (χ0n) is 21.1. The van der Waals surface area contributed by atoms with Gasteiger partial charge in [0.15, 0.2) is 12.1 Å². The SMILES string of the molecule is CN1C=CC=NC1N1CCN(c2cc(-c3ccccc3)nnc2N2CCN(c3ncccn3)CC2)CC1. The first-order chi connectivity index (χ1) is 18.3. The van der Waals surface area contributed by atoms with Gasteiger partial charge in [-0.1, -0.05) is 30.3 Å². The molecular formula is C27H32N10. The second-order valence-corrected chi connectivity index (χ2v) is 9.50. The number of hydrogen-bond donors (Lipinski definition) is 0. The van der Waals surface area contributed by atoms with Gasteiger partial charge in [-0.05, 0) is 18.2 Å². The number of allylic oxidation sites excluding steroid dienone is 1. The lowest BCUT2D eigenvalue weighted by Crippen LogP contribution is -2.54. The molecule has 0 spiro atoms. The topological polar surface area (TPSA) is 80.1 Å². The molecule has 0 amide bonds. The van der Waals surface area contributed by atoms with Crippen molar-refractivity contribution in [3.8, 4) is 11.3 Å². The van der Waals surface area contributed by atoms with E-state index in [-0.39, 0.29) is 6.29 Å². The first-order valence-electron chi connectivity index (χ1n) is 12.9. The standard InChI is InChI=1S/C27H32N10/c1-33-12-6-11-30-27(33)37-19-13-34(14-20-37)24-21-23(22-7-3-2-4-8-22)31-32-25(24)35-15-17-36(18-16-35)26-28-9-5-10-29-26/h2-12,21,27H,13-20H2,1H3. The maximum Gasteiger partial charge on any atom is 0.225 e. The van der Waals surface area contributed by atoms with Crippen molar-refractivity contribution in [3.05, 3.63) is 67.1 Å². The maximum absolute atomic E-state index is 4.80. The van der Waals surface area contributed by atoms with Crippen LogP contribution in [0.5, 0.6) is 0 Å². The maximum atomic E-state index is 4.80. The molecule has 3 aliphatic rings. The Hall–Kier alpha value is -4.05. The average Bonchev–Trinajstić information content (AvgIpc) is 2.98. The Kier molecular flexibility index (Phi) is 6.64. The molecule has 2 fully saturated rings. The van der Waals surface area contributed by atoms with Gasteiger partial charge in [0, 0.05) is 89.8 Å². The van der Waals surface area contributed by atoms with E-state index < -0.39 is 0 Å². The predicted molar refractivity (Wildman–Crippen MR) is 147 cm³/mol. The van der Waals surface area contributed by atoms with Crippen LogP contribution in [0.15, 0.2) is 72.1 Å². The highest BCUT2D eigenvalue weighted by atomic mass is 15.4. The van der Waals surface area contributed by atoms with E-state index in [0.717, 1.165) is 81.1 Å². The zero-order chi connectivity index (χ0) is 25.0. The fourth-order valence-corrected chi connectivity index (χ4v) is 5.18. The van der Waals surface area contributed by atoms with Crippen LogP contribution in [0.4, 0.5) is 17.5 Å². The highest BCUT2D eigenvalue weighted by Crippen LogP contribution is 2.32. The van der Waals surface area contributed by atoms with Gasteiger partial charge in [0.2, 0.25) is 5.95 Å². The van der Waals surface area contributed by atoms with Gasteiger partial charge in [-0.3, -0.25) is 9.89 Å². The number of piperazine rings is 2. The first-order valence-corrected chi connectivity index (χ1v) is 12.9. The van der Waals surface area contributed by atoms with Crippen LogP contribution in [0.25, 0.3) is 11.3 Å². The fourth-order valence-electron chi connectivity index (χ4n) is 5.18. The van der Waals surface area contributed by atoms with Crippen molar-refractivity contribution >= 4 is 23.7 Å². The van der Waals surface area contributed by atoms with Gasteiger partial charge >= 0.3 is 0 Å². The third-order valence-corrected chi connectivity index (χ3v) is 7.21. The number of nitrogens with zero attached hydrogens (tertiary/aromatic N) is 10. The molecule has 2 saturated heterocycles. The summed E-state index contributed by atoms with van der Waals surface area (Å²) in [7, 11) is 2.08. The lowest BCUT2D eigenvalue weighted by atomic mass is 10.1. The van der Waals surface area contributed by atoms with Crippen LogP contribution in [0, 0.1) is 0 Å². The summed E-state index contributed by atoms with van der Waals surface area (Å²) in [5.41, 5.74) is 3.13. The normalized spacial score (nSPS) is 20.5. The summed E-state index contributed by atoms with van der Waals surface area (Å²) in [5, 5.41) is 9.46. The van der Waals surface area contributed by atoms with Gasteiger partial charge in [0.25, 0.3) is 0 Å². The lowest BCUT2D eigenvalue weighted by molar-refractivity contribution is 0.0927. The third kappa shape index (κ3) is 4.97. The molecule has 37 heavy (non-hydrogen) atoms. The van der Waals surface area contributed by atoms with Crippen molar-refractivity contribution < 1.29 is 0 Å². The van der Waals surface area contributed by atoms with E-state index in [0.29, 0.717) is 0 Å². The summed E-state index contributed by atoms with van der Waals surface area (Å²) < 4.78 is 0. The van der Waals surface area contributed by atoms with Gasteiger partial charge in [0.05, 0.1) is 11.4 Å². The Bertz CT molecular complexity index is 1230. The van der Waals surface area contributed by atoms with Gasteiger partial charge in [-0.2, -0.15) is 0 Å². The van der Waals surface area contributed by atoms with Crippen LogP contribution in [0.3, 0.4) is 0 Å². The van der Waals surface area contributed by atoms with Crippen LogP contribution in [0.1, 0.15) is 0 Å². The average molecular weight is 497 g/mol. The molecular weight excluding hydrogens is 464 g/mol. The van der Waals surface area contributed by atoms with Crippen molar-refractivity contribution in [2.45, 2.75) is 6.29 Å². The van der Waals surface area contributed by atoms with Gasteiger partial charge in [-0.25, -0.2) is 9.97 Å². The zero-order valence-corrected chi connectivity index (χ0v) is 21.1. The Morgan fingerprint density at radius 2 is 1.46 bits per heavy atom. The largest absolute Gasteiger partial charge is 0.366 e. The summed E-state index contributed by atoms with van der Waals surface area (Å²) in [5.74, 6) is 1.74. The van der Waals surface area contributed by atoms with E-state index in [9.17, 15) is 0 Å². The smallest absolute Gasteiger partial charge is 0.225 e. The Balaban J connectivity index is 1.23. The number of aromatic nitrogens is 4. The second-order valence-electron chi connectivity index (χ2n) is 9.50. The second kappa shape index (κ2) is 10.5. The molecule has 6 rings (SSSR count). The molecule has 0 N–H and O–H groups in total. The van der Waals surface area contributed by atoms with Crippen LogP contribution in [0.2, 0.25) is 0 Å². The van der Waals surface area contributed by atoms with Crippen molar-refractivity contribution in [1.82, 2.24) is 30.0 Å². The van der Waals surface area contributed by atoms with Crippen molar-refractivity contribution in [3.63, 3.8) is 0 Å². The minimum atomic E-state index is 0.0651. The quantitative estimate of drug-likeness (QED) is 0.528. The Labute approximate surface area is 217 Å². The summed E-state index contributed by atoms with van der Waals surface area (Å²) in [6.45, 7) is 7.07. The monoisotopic (exact) mass is 496 g/mol. The van der Waals surface area contributed by atoms with Crippen molar-refractivity contribution in [2.24, 2.45) is 4.99 Å². The van der Waals surface area contributed by atoms with E-state index in [1.165, 1.54) is 0 Å². The van der Waals surface area contributed by atoms with Gasteiger partial charge < -0.3 is 19.6 Å². The van der Waals surface area contributed by atoms with E-state index in [1.807, 2.05) is 36.6 Å². The van der Waals surface area contributed by atoms with E-state index in [1.54, 1.807) is 12.4 Å². The molecule has 2 aromatic heterocycles. The van der Waals surface area contributed by atoms with Crippen molar-refractivity contribution in [2.75, 3.05) is 74.1 Å². The minimum Gasteiger partial charge on any atom is -0.366 e. The van der Waals surface area contributed by atoms with Gasteiger partial charge in [-0.15, -0.1) is 10.2 Å². The Morgan fingerprint density at radius 1 is 0.757 bits per heavy atom. The molecule has 10 heteroatoms. The van der Waals surface area contributed by atoms with Crippen LogP contribution >= 0.6 is 0 Å². The van der Waals surface area contributed by atoms with Crippen LogP contribution in [-0.4, -0.2) is 102 Å². The molecule has 0 bridgehead atoms. The molecule has 10 nitrogen and oxygen atoms in total. The molecule has 1 aromatic carbocycles. The molecule has 3 aromatic rings. The number of hydrogen-bond acceptors (Lipinski definition) is 10. The molecule has 0 radical (unpaired) electrons. The summed E-state index contributed by atoms with van der Waals surface area (Å²) in [4.78, 5) is 25.2. The number of rotatable bonds is 5. The summed E-state index contributed by atoms with van der Waals surface area (Å²) in [6.07, 6.45) is 9.63. The van der Waals surface area contributed by atoms with E-state index >= 15 is 0 Å². The molecule has 190 valence electrons. The summed E-state index contributed by atoms with van der Waals surface area (Å²) in [6, 6.07) is 14.4. The molecule has 1 unspecified atom stereocenters. The van der Waals surface area contributed by atoms with E-state index in [4.69, 9.17) is 5.10 Å². The molecule has 3 aliphatic heterocycles. The van der Waals surface area contributed by atoms with Crippen molar-refractivity contribution in [1.29, 1.82) is 0 Å². The minimum absolute atomic E-state index is 0.0651. The van der Waals surface area contributed by atoms with E-state index in [2.05, 4.69) is 76.0 Å². The first kappa shape index (κ1) is 23.4. The molecule has 0 aliphatic carbocycles. The third-order valence-electron chi connectivity index (χ3n) is 7.21.